The van der Waals surface area contributed by atoms with Crippen molar-refractivity contribution >= 4 is 33.3 Å². The number of pyridine rings is 1. The molecular formula is C13H11BrFN3O. The Morgan fingerprint density at radius 2 is 2.16 bits per heavy atom. The van der Waals surface area contributed by atoms with Gasteiger partial charge in [-0.1, -0.05) is 0 Å². The van der Waals surface area contributed by atoms with Crippen molar-refractivity contribution in [2.75, 3.05) is 11.1 Å². The molecule has 4 nitrogen and oxygen atoms in total. The molecule has 0 bridgehead atoms. The highest BCUT2D eigenvalue weighted by atomic mass is 79.9. The van der Waals surface area contributed by atoms with Crippen LogP contribution in [0.2, 0.25) is 0 Å². The third kappa shape index (κ3) is 3.08. The van der Waals surface area contributed by atoms with Gasteiger partial charge in [0, 0.05) is 16.4 Å². The molecule has 0 aliphatic rings. The Balaban J connectivity index is 2.28. The number of carbonyl (C=O) groups excluding carboxylic acids is 1. The number of nitrogen functional groups attached to an aromatic ring is 1. The first-order valence-corrected chi connectivity index (χ1v) is 6.25. The van der Waals surface area contributed by atoms with Gasteiger partial charge in [-0.2, -0.15) is 0 Å². The summed E-state index contributed by atoms with van der Waals surface area (Å²) in [5.74, 6) is -0.597. The normalized spacial score (nSPS) is 10.3. The molecule has 2 rings (SSSR count). The number of aromatic nitrogens is 1. The summed E-state index contributed by atoms with van der Waals surface area (Å²) < 4.78 is 13.6. The Bertz CT molecular complexity index is 646. The fourth-order valence-corrected chi connectivity index (χ4v) is 1.92. The standard InChI is InChI=1S/C13H11BrFN3O/c1-7-4-9(15)2-3-11(7)18-13(19)10-5-8(14)6-17-12(10)16/h2-6H,1H3,(H2,16,17)(H,18,19). The van der Waals surface area contributed by atoms with Gasteiger partial charge in [0.15, 0.2) is 0 Å². The number of nitrogens with zero attached hydrogens (tertiary/aromatic N) is 1. The van der Waals surface area contributed by atoms with Crippen LogP contribution in [0.5, 0.6) is 0 Å². The van der Waals surface area contributed by atoms with E-state index >= 15 is 0 Å². The van der Waals surface area contributed by atoms with E-state index in [0.717, 1.165) is 0 Å². The van der Waals surface area contributed by atoms with Crippen LogP contribution in [0.4, 0.5) is 15.9 Å². The minimum atomic E-state index is -0.388. The van der Waals surface area contributed by atoms with Gasteiger partial charge >= 0.3 is 0 Å². The number of nitrogens with two attached hydrogens (primary N) is 1. The van der Waals surface area contributed by atoms with Gasteiger partial charge in [-0.3, -0.25) is 4.79 Å². The highest BCUT2D eigenvalue weighted by Gasteiger charge is 2.12. The zero-order valence-electron chi connectivity index (χ0n) is 10.1. The molecule has 98 valence electrons. The zero-order valence-corrected chi connectivity index (χ0v) is 11.7. The summed E-state index contributed by atoms with van der Waals surface area (Å²) in [6.45, 7) is 1.71. The Hall–Kier alpha value is -1.95. The molecule has 19 heavy (non-hydrogen) atoms. The van der Waals surface area contributed by atoms with Crippen LogP contribution in [-0.2, 0) is 0 Å². The van der Waals surface area contributed by atoms with Gasteiger partial charge in [-0.15, -0.1) is 0 Å². The molecule has 0 spiro atoms. The van der Waals surface area contributed by atoms with Crippen molar-refractivity contribution in [1.29, 1.82) is 0 Å². The van der Waals surface area contributed by atoms with Gasteiger partial charge in [0.1, 0.15) is 11.6 Å². The van der Waals surface area contributed by atoms with Crippen LogP contribution < -0.4 is 11.1 Å². The lowest BCUT2D eigenvalue weighted by atomic mass is 10.1. The molecule has 0 atom stereocenters. The Kier molecular flexibility index (Phi) is 3.80. The predicted octanol–water partition coefficient (Wildman–Crippen LogP) is 3.13. The van der Waals surface area contributed by atoms with Crippen LogP contribution in [0.25, 0.3) is 0 Å². The van der Waals surface area contributed by atoms with Crippen molar-refractivity contribution in [3.8, 4) is 0 Å². The van der Waals surface area contributed by atoms with Gasteiger partial charge in [0.2, 0.25) is 0 Å². The van der Waals surface area contributed by atoms with Crippen LogP contribution in [-0.4, -0.2) is 10.9 Å². The summed E-state index contributed by atoms with van der Waals surface area (Å²) in [7, 11) is 0. The topological polar surface area (TPSA) is 68.0 Å². The number of rotatable bonds is 2. The van der Waals surface area contributed by atoms with Gasteiger partial charge < -0.3 is 11.1 Å². The molecule has 1 aromatic carbocycles. The summed E-state index contributed by atoms with van der Waals surface area (Å²) in [6, 6.07) is 5.71. The van der Waals surface area contributed by atoms with Gasteiger partial charge in [-0.25, -0.2) is 9.37 Å². The maximum atomic E-state index is 13.0. The fourth-order valence-electron chi connectivity index (χ4n) is 1.59. The number of aryl methyl sites for hydroxylation is 1. The van der Waals surface area contributed by atoms with E-state index in [1.165, 1.54) is 24.4 Å². The second-order valence-electron chi connectivity index (χ2n) is 4.00. The average molecular weight is 324 g/mol. The highest BCUT2D eigenvalue weighted by molar-refractivity contribution is 9.10. The summed E-state index contributed by atoms with van der Waals surface area (Å²) in [5, 5.41) is 2.68. The van der Waals surface area contributed by atoms with E-state index in [-0.39, 0.29) is 23.1 Å². The summed E-state index contributed by atoms with van der Waals surface area (Å²) in [6.07, 6.45) is 1.51. The molecule has 0 saturated carbocycles. The number of hydrogen-bond donors (Lipinski definition) is 2. The van der Waals surface area contributed by atoms with Crippen molar-refractivity contribution in [3.05, 3.63) is 51.9 Å². The molecular weight excluding hydrogens is 313 g/mol. The van der Waals surface area contributed by atoms with E-state index in [4.69, 9.17) is 5.73 Å². The molecule has 0 radical (unpaired) electrons. The first-order chi connectivity index (χ1) is 8.97. The second kappa shape index (κ2) is 5.36. The minimum Gasteiger partial charge on any atom is -0.383 e. The summed E-state index contributed by atoms with van der Waals surface area (Å²) in [4.78, 5) is 16.0. The SMILES string of the molecule is Cc1cc(F)ccc1NC(=O)c1cc(Br)cnc1N. The van der Waals surface area contributed by atoms with Crippen LogP contribution in [0, 0.1) is 12.7 Å². The molecule has 1 aromatic heterocycles. The van der Waals surface area contributed by atoms with Crippen molar-refractivity contribution in [3.63, 3.8) is 0 Å². The van der Waals surface area contributed by atoms with Crippen LogP contribution in [0.3, 0.4) is 0 Å². The van der Waals surface area contributed by atoms with E-state index in [1.807, 2.05) is 0 Å². The lowest BCUT2D eigenvalue weighted by molar-refractivity contribution is 0.102. The number of halogens is 2. The van der Waals surface area contributed by atoms with Crippen molar-refractivity contribution in [2.45, 2.75) is 6.92 Å². The molecule has 0 saturated heterocycles. The number of nitrogens with one attached hydrogen (secondary N) is 1. The lowest BCUT2D eigenvalue weighted by Crippen LogP contribution is -2.15. The molecule has 0 aliphatic carbocycles. The fraction of sp³-hybridized carbons (Fsp3) is 0.0769. The maximum Gasteiger partial charge on any atom is 0.259 e. The molecule has 0 aliphatic heterocycles. The van der Waals surface area contributed by atoms with E-state index in [1.54, 1.807) is 13.0 Å². The van der Waals surface area contributed by atoms with Crippen molar-refractivity contribution in [2.24, 2.45) is 0 Å². The lowest BCUT2D eigenvalue weighted by Gasteiger charge is -2.09. The predicted molar refractivity (Wildman–Crippen MR) is 75.4 cm³/mol. The first kappa shape index (κ1) is 13.5. The number of anilines is 2. The third-order valence-corrected chi connectivity index (χ3v) is 3.00. The Morgan fingerprint density at radius 3 is 2.84 bits per heavy atom. The first-order valence-electron chi connectivity index (χ1n) is 5.46. The average Bonchev–Trinajstić information content (AvgIpc) is 2.35. The molecule has 0 fully saturated rings. The quantitative estimate of drug-likeness (QED) is 0.892. The van der Waals surface area contributed by atoms with Crippen LogP contribution in [0.15, 0.2) is 34.9 Å². The molecule has 0 unspecified atom stereocenters. The molecule has 3 N–H and O–H groups in total. The molecule has 1 amide bonds. The van der Waals surface area contributed by atoms with Crippen LogP contribution in [0.1, 0.15) is 15.9 Å². The Morgan fingerprint density at radius 1 is 1.42 bits per heavy atom. The summed E-state index contributed by atoms with van der Waals surface area (Å²) in [5.41, 5.74) is 7.08. The van der Waals surface area contributed by atoms with E-state index < -0.39 is 0 Å². The number of hydrogen-bond acceptors (Lipinski definition) is 3. The van der Waals surface area contributed by atoms with E-state index in [0.29, 0.717) is 15.7 Å². The monoisotopic (exact) mass is 323 g/mol. The zero-order chi connectivity index (χ0) is 14.0. The maximum absolute atomic E-state index is 13.0. The van der Waals surface area contributed by atoms with Gasteiger partial charge in [-0.05, 0) is 52.7 Å². The largest absolute Gasteiger partial charge is 0.383 e. The van der Waals surface area contributed by atoms with Gasteiger partial charge in [0.05, 0.1) is 5.56 Å². The molecule has 6 heteroatoms. The van der Waals surface area contributed by atoms with E-state index in [2.05, 4.69) is 26.2 Å². The van der Waals surface area contributed by atoms with Gasteiger partial charge in [0.25, 0.3) is 5.91 Å². The second-order valence-corrected chi connectivity index (χ2v) is 4.92. The van der Waals surface area contributed by atoms with E-state index in [9.17, 15) is 9.18 Å². The van der Waals surface area contributed by atoms with Crippen molar-refractivity contribution < 1.29 is 9.18 Å². The van der Waals surface area contributed by atoms with Crippen LogP contribution >= 0.6 is 15.9 Å². The Labute approximate surface area is 118 Å². The number of carbonyl (C=O) groups is 1. The molecule has 2 aromatic rings. The molecule has 1 heterocycles. The summed E-state index contributed by atoms with van der Waals surface area (Å²) >= 11 is 3.23. The number of benzene rings is 1. The van der Waals surface area contributed by atoms with Crippen molar-refractivity contribution in [1.82, 2.24) is 4.98 Å². The third-order valence-electron chi connectivity index (χ3n) is 2.57. The highest BCUT2D eigenvalue weighted by Crippen LogP contribution is 2.20. The minimum absolute atomic E-state index is 0.139. The number of amides is 1. The smallest absolute Gasteiger partial charge is 0.259 e.